The van der Waals surface area contributed by atoms with E-state index in [1.807, 2.05) is 54.7 Å². The topological polar surface area (TPSA) is 83.0 Å². The van der Waals surface area contributed by atoms with Gasteiger partial charge in [-0.1, -0.05) is 34.1 Å². The van der Waals surface area contributed by atoms with Gasteiger partial charge in [-0.25, -0.2) is 10.4 Å². The number of para-hydroxylation sites is 1. The highest BCUT2D eigenvalue weighted by molar-refractivity contribution is 9.10. The van der Waals surface area contributed by atoms with Gasteiger partial charge in [0.1, 0.15) is 10.7 Å². The van der Waals surface area contributed by atoms with Crippen LogP contribution in [0.5, 0.6) is 0 Å². The van der Waals surface area contributed by atoms with Crippen molar-refractivity contribution in [3.63, 3.8) is 0 Å². The molecule has 0 aliphatic carbocycles. The summed E-state index contributed by atoms with van der Waals surface area (Å²) in [7, 11) is 0. The van der Waals surface area contributed by atoms with Crippen LogP contribution < -0.4 is 5.43 Å². The third-order valence-electron chi connectivity index (χ3n) is 4.66. The molecular weight excluding hydrogens is 462 g/mol. The van der Waals surface area contributed by atoms with Crippen molar-refractivity contribution < 1.29 is 4.79 Å². The predicted octanol–water partition coefficient (Wildman–Crippen LogP) is 5.37. The Labute approximate surface area is 183 Å². The molecule has 0 spiro atoms. The van der Waals surface area contributed by atoms with Crippen molar-refractivity contribution in [2.45, 2.75) is 0 Å². The molecule has 0 aliphatic heterocycles. The highest BCUT2D eigenvalue weighted by Crippen LogP contribution is 2.32. The van der Waals surface area contributed by atoms with Crippen molar-refractivity contribution in [1.82, 2.24) is 20.4 Å². The number of carbonyl (C=O) groups is 1. The van der Waals surface area contributed by atoms with Crippen LogP contribution in [0.4, 0.5) is 0 Å². The fraction of sp³-hybridized carbons (Fsp3) is 0. The SMILES string of the molecule is O=C(NN=Cc1ccnc2ccccc12)c1csc(-c2c[nH]c3ccc(Br)cc23)n1. The van der Waals surface area contributed by atoms with Crippen LogP contribution in [-0.2, 0) is 0 Å². The van der Waals surface area contributed by atoms with Crippen LogP contribution in [0.2, 0.25) is 0 Å². The lowest BCUT2D eigenvalue weighted by atomic mass is 10.1. The molecule has 0 aliphatic rings. The molecule has 2 N–H and O–H groups in total. The minimum Gasteiger partial charge on any atom is -0.360 e. The van der Waals surface area contributed by atoms with Gasteiger partial charge in [0.2, 0.25) is 0 Å². The second kappa shape index (κ2) is 7.81. The second-order valence-corrected chi connectivity index (χ2v) is 8.32. The van der Waals surface area contributed by atoms with E-state index in [0.29, 0.717) is 5.69 Å². The second-order valence-electron chi connectivity index (χ2n) is 6.55. The maximum absolute atomic E-state index is 12.5. The number of aromatic amines is 1. The maximum Gasteiger partial charge on any atom is 0.290 e. The first-order valence-corrected chi connectivity index (χ1v) is 10.8. The normalized spacial score (nSPS) is 11.5. The Morgan fingerprint density at radius 3 is 3.00 bits per heavy atom. The van der Waals surface area contributed by atoms with Crippen molar-refractivity contribution in [2.24, 2.45) is 5.10 Å². The summed E-state index contributed by atoms with van der Waals surface area (Å²) < 4.78 is 0.989. The monoisotopic (exact) mass is 475 g/mol. The van der Waals surface area contributed by atoms with Crippen LogP contribution >= 0.6 is 27.3 Å². The Morgan fingerprint density at radius 1 is 1.17 bits per heavy atom. The number of nitrogens with zero attached hydrogens (tertiary/aromatic N) is 3. The number of halogens is 1. The van der Waals surface area contributed by atoms with Gasteiger partial charge >= 0.3 is 0 Å². The van der Waals surface area contributed by atoms with Crippen LogP contribution in [0.3, 0.4) is 0 Å². The third kappa shape index (κ3) is 3.51. The molecule has 146 valence electrons. The summed E-state index contributed by atoms with van der Waals surface area (Å²) in [6.07, 6.45) is 5.24. The van der Waals surface area contributed by atoms with Gasteiger partial charge in [0.25, 0.3) is 5.91 Å². The van der Waals surface area contributed by atoms with E-state index in [-0.39, 0.29) is 5.91 Å². The Morgan fingerprint density at radius 2 is 2.07 bits per heavy atom. The number of rotatable bonds is 4. The van der Waals surface area contributed by atoms with Crippen LogP contribution in [-0.4, -0.2) is 27.1 Å². The average molecular weight is 476 g/mol. The van der Waals surface area contributed by atoms with Gasteiger partial charge in [-0.2, -0.15) is 5.10 Å². The fourth-order valence-electron chi connectivity index (χ4n) is 3.22. The van der Waals surface area contributed by atoms with Crippen LogP contribution in [0.25, 0.3) is 32.4 Å². The van der Waals surface area contributed by atoms with Gasteiger partial charge in [-0.05, 0) is 30.3 Å². The Hall–Kier alpha value is -3.36. The van der Waals surface area contributed by atoms with Crippen molar-refractivity contribution in [3.05, 3.63) is 82.0 Å². The summed E-state index contributed by atoms with van der Waals surface area (Å²) in [5.74, 6) is -0.354. The van der Waals surface area contributed by atoms with Crippen LogP contribution in [0.15, 0.2) is 75.9 Å². The predicted molar refractivity (Wildman–Crippen MR) is 124 cm³/mol. The minimum absolute atomic E-state index is 0.330. The highest BCUT2D eigenvalue weighted by Gasteiger charge is 2.14. The summed E-state index contributed by atoms with van der Waals surface area (Å²) in [4.78, 5) is 24.5. The first kappa shape index (κ1) is 18.7. The van der Waals surface area contributed by atoms with E-state index in [1.165, 1.54) is 11.3 Å². The number of hydrogen-bond acceptors (Lipinski definition) is 5. The Balaban J connectivity index is 1.35. The van der Waals surface area contributed by atoms with E-state index in [0.717, 1.165) is 42.4 Å². The van der Waals surface area contributed by atoms with Crippen molar-refractivity contribution in [1.29, 1.82) is 0 Å². The highest BCUT2D eigenvalue weighted by atomic mass is 79.9. The lowest BCUT2D eigenvalue weighted by molar-refractivity contribution is 0.0951. The molecule has 3 heterocycles. The van der Waals surface area contributed by atoms with Crippen molar-refractivity contribution in [2.75, 3.05) is 0 Å². The average Bonchev–Trinajstić information content (AvgIpc) is 3.40. The number of hydrazone groups is 1. The number of carbonyl (C=O) groups excluding carboxylic acids is 1. The number of nitrogens with one attached hydrogen (secondary N) is 2. The zero-order valence-corrected chi connectivity index (χ0v) is 17.9. The molecule has 0 unspecified atom stereocenters. The Kier molecular flexibility index (Phi) is 4.86. The van der Waals surface area contributed by atoms with E-state index in [4.69, 9.17) is 0 Å². The van der Waals surface area contributed by atoms with E-state index in [1.54, 1.807) is 17.8 Å². The zero-order valence-electron chi connectivity index (χ0n) is 15.5. The van der Waals surface area contributed by atoms with Crippen molar-refractivity contribution >= 4 is 61.2 Å². The first-order valence-electron chi connectivity index (χ1n) is 9.09. The first-order chi connectivity index (χ1) is 14.7. The molecule has 1 amide bonds. The molecule has 8 heteroatoms. The van der Waals surface area contributed by atoms with Crippen molar-refractivity contribution in [3.8, 4) is 10.6 Å². The molecule has 30 heavy (non-hydrogen) atoms. The van der Waals surface area contributed by atoms with Crippen LogP contribution in [0, 0.1) is 0 Å². The molecular formula is C22H14BrN5OS. The number of benzene rings is 2. The molecule has 0 fully saturated rings. The summed E-state index contributed by atoms with van der Waals surface area (Å²) in [5, 5.41) is 8.63. The molecule has 5 aromatic rings. The molecule has 5 rings (SSSR count). The molecule has 0 saturated heterocycles. The standard InChI is InChI=1S/C22H14BrN5OS/c23-14-5-6-19-16(9-14)17(11-25-19)22-27-20(12-30-22)21(29)28-26-10-13-7-8-24-18-4-2-1-3-15(13)18/h1-12,25H,(H,28,29). The lowest BCUT2D eigenvalue weighted by Gasteiger charge is -2.00. The summed E-state index contributed by atoms with van der Waals surface area (Å²) in [5.41, 5.74) is 6.62. The van der Waals surface area contributed by atoms with E-state index in [9.17, 15) is 4.79 Å². The van der Waals surface area contributed by atoms with Crippen LogP contribution in [0.1, 0.15) is 16.1 Å². The van der Waals surface area contributed by atoms with E-state index >= 15 is 0 Å². The number of aromatic nitrogens is 3. The van der Waals surface area contributed by atoms with Gasteiger partial charge in [-0.3, -0.25) is 9.78 Å². The number of pyridine rings is 1. The fourth-order valence-corrected chi connectivity index (χ4v) is 4.41. The molecule has 0 radical (unpaired) electrons. The summed E-state index contributed by atoms with van der Waals surface area (Å²) >= 11 is 4.92. The number of hydrogen-bond donors (Lipinski definition) is 2. The quantitative estimate of drug-likeness (QED) is 0.270. The van der Waals surface area contributed by atoms with Gasteiger partial charge in [0.15, 0.2) is 0 Å². The Bertz CT molecular complexity index is 1420. The van der Waals surface area contributed by atoms with E-state index < -0.39 is 0 Å². The number of amides is 1. The molecule has 0 atom stereocenters. The van der Waals surface area contributed by atoms with Gasteiger partial charge in [0, 0.05) is 49.7 Å². The third-order valence-corrected chi connectivity index (χ3v) is 6.03. The number of fused-ring (bicyclic) bond motifs is 2. The summed E-state index contributed by atoms with van der Waals surface area (Å²) in [6, 6.07) is 15.7. The largest absolute Gasteiger partial charge is 0.360 e. The number of thiazole rings is 1. The minimum atomic E-state index is -0.354. The molecule has 0 saturated carbocycles. The van der Waals surface area contributed by atoms with Gasteiger partial charge in [-0.15, -0.1) is 11.3 Å². The lowest BCUT2D eigenvalue weighted by Crippen LogP contribution is -2.17. The molecule has 6 nitrogen and oxygen atoms in total. The maximum atomic E-state index is 12.5. The van der Waals surface area contributed by atoms with E-state index in [2.05, 4.69) is 41.4 Å². The summed E-state index contributed by atoms with van der Waals surface area (Å²) in [6.45, 7) is 0. The van der Waals surface area contributed by atoms with Gasteiger partial charge in [0.05, 0.1) is 11.7 Å². The molecule has 2 aromatic carbocycles. The molecule has 0 bridgehead atoms. The smallest absolute Gasteiger partial charge is 0.290 e. The molecule has 3 aromatic heterocycles. The zero-order chi connectivity index (χ0) is 20.5. The number of H-pyrrole nitrogens is 1. The van der Waals surface area contributed by atoms with Gasteiger partial charge < -0.3 is 4.98 Å².